The Kier molecular flexibility index (Phi) is 6.26. The number of pyridine rings is 1. The van der Waals surface area contributed by atoms with Gasteiger partial charge in [0, 0.05) is 19.3 Å². The Morgan fingerprint density at radius 3 is 2.36 bits per heavy atom. The van der Waals surface area contributed by atoms with Gasteiger partial charge in [0.2, 0.25) is 0 Å². The Bertz CT molecular complexity index is 1010. The first kappa shape index (κ1) is 19.8. The van der Waals surface area contributed by atoms with Gasteiger partial charge in [0.15, 0.2) is 0 Å². The van der Waals surface area contributed by atoms with E-state index in [1.165, 1.54) is 22.6 Å². The van der Waals surface area contributed by atoms with E-state index < -0.39 is 10.0 Å². The Morgan fingerprint density at radius 2 is 1.71 bits per heavy atom. The minimum Gasteiger partial charge on any atom is -0.370 e. The molecule has 3 aromatic rings. The van der Waals surface area contributed by atoms with Crippen molar-refractivity contribution in [3.8, 4) is 0 Å². The molecule has 7 heteroatoms. The Hall–Kier alpha value is -2.93. The van der Waals surface area contributed by atoms with E-state index in [0.29, 0.717) is 36.6 Å². The molecule has 0 atom stereocenters. The third-order valence-electron chi connectivity index (χ3n) is 4.31. The fraction of sp³-hybridized carbons (Fsp3) is 0.190. The first-order valence-corrected chi connectivity index (χ1v) is 10.5. The molecule has 0 saturated carbocycles. The van der Waals surface area contributed by atoms with E-state index in [-0.39, 0.29) is 10.7 Å². The zero-order chi connectivity index (χ0) is 20.0. The molecule has 2 aromatic carbocycles. The topological polar surface area (TPSA) is 62.3 Å². The van der Waals surface area contributed by atoms with E-state index in [9.17, 15) is 12.8 Å². The summed E-state index contributed by atoms with van der Waals surface area (Å²) in [5.74, 6) is 0.303. The molecule has 1 aromatic heterocycles. The standard InChI is InChI=1S/C21H22FN3O2S/c1-2-25(18-9-4-3-5-10-18)28(26,27)19-12-13-21(24-16-19)23-15-14-17-8-6-7-11-20(17)22/h3-13,16H,2,14-15H2,1H3,(H,23,24). The Morgan fingerprint density at radius 1 is 1.00 bits per heavy atom. The first-order chi connectivity index (χ1) is 13.5. The molecule has 0 aliphatic rings. The highest BCUT2D eigenvalue weighted by Gasteiger charge is 2.23. The lowest BCUT2D eigenvalue weighted by molar-refractivity contribution is 0.591. The number of anilines is 2. The van der Waals surface area contributed by atoms with E-state index >= 15 is 0 Å². The summed E-state index contributed by atoms with van der Waals surface area (Å²) >= 11 is 0. The van der Waals surface area contributed by atoms with Gasteiger partial charge in [-0.1, -0.05) is 36.4 Å². The molecule has 0 aliphatic heterocycles. The van der Waals surface area contributed by atoms with E-state index in [0.717, 1.165) is 0 Å². The highest BCUT2D eigenvalue weighted by Crippen LogP contribution is 2.23. The van der Waals surface area contributed by atoms with Gasteiger partial charge in [-0.3, -0.25) is 4.31 Å². The van der Waals surface area contributed by atoms with Crippen molar-refractivity contribution in [2.45, 2.75) is 18.2 Å². The normalized spacial score (nSPS) is 11.2. The number of nitrogens with one attached hydrogen (secondary N) is 1. The summed E-state index contributed by atoms with van der Waals surface area (Å²) in [6.45, 7) is 2.59. The molecule has 0 unspecified atom stereocenters. The summed E-state index contributed by atoms with van der Waals surface area (Å²) in [6.07, 6.45) is 1.85. The van der Waals surface area contributed by atoms with E-state index in [1.54, 1.807) is 55.5 Å². The number of nitrogens with zero attached hydrogens (tertiary/aromatic N) is 2. The van der Waals surface area contributed by atoms with Gasteiger partial charge in [0.25, 0.3) is 10.0 Å². The number of benzene rings is 2. The van der Waals surface area contributed by atoms with Crippen LogP contribution in [0, 0.1) is 5.82 Å². The molecule has 3 rings (SSSR count). The number of aromatic nitrogens is 1. The van der Waals surface area contributed by atoms with Crippen LogP contribution in [0.25, 0.3) is 0 Å². The molecule has 0 fully saturated rings. The average Bonchev–Trinajstić information content (AvgIpc) is 2.71. The smallest absolute Gasteiger partial charge is 0.265 e. The van der Waals surface area contributed by atoms with Crippen molar-refractivity contribution in [3.05, 3.63) is 84.3 Å². The number of hydrogen-bond donors (Lipinski definition) is 1. The van der Waals surface area contributed by atoms with Gasteiger partial charge in [-0.25, -0.2) is 17.8 Å². The highest BCUT2D eigenvalue weighted by atomic mass is 32.2. The Balaban J connectivity index is 1.68. The number of hydrogen-bond acceptors (Lipinski definition) is 4. The lowest BCUT2D eigenvalue weighted by atomic mass is 10.1. The molecule has 28 heavy (non-hydrogen) atoms. The third-order valence-corrected chi connectivity index (χ3v) is 6.20. The second kappa shape index (κ2) is 8.84. The van der Waals surface area contributed by atoms with Gasteiger partial charge in [0.1, 0.15) is 16.5 Å². The molecule has 0 radical (unpaired) electrons. The number of halogens is 1. The second-order valence-corrected chi connectivity index (χ2v) is 8.01. The van der Waals surface area contributed by atoms with Gasteiger partial charge in [-0.15, -0.1) is 0 Å². The summed E-state index contributed by atoms with van der Waals surface area (Å²) in [4.78, 5) is 4.32. The van der Waals surface area contributed by atoms with Crippen LogP contribution in [-0.2, 0) is 16.4 Å². The maximum atomic E-state index is 13.6. The second-order valence-electron chi connectivity index (χ2n) is 6.15. The van der Waals surface area contributed by atoms with Crippen molar-refractivity contribution in [1.82, 2.24) is 4.98 Å². The van der Waals surface area contributed by atoms with Crippen LogP contribution < -0.4 is 9.62 Å². The minimum atomic E-state index is -3.70. The zero-order valence-corrected chi connectivity index (χ0v) is 16.4. The predicted molar refractivity (Wildman–Crippen MR) is 109 cm³/mol. The summed E-state index contributed by atoms with van der Waals surface area (Å²) in [5.41, 5.74) is 1.23. The van der Waals surface area contributed by atoms with E-state index in [2.05, 4.69) is 10.3 Å². The van der Waals surface area contributed by atoms with Crippen molar-refractivity contribution >= 4 is 21.5 Å². The summed E-state index contributed by atoms with van der Waals surface area (Å²) < 4.78 is 40.8. The van der Waals surface area contributed by atoms with Crippen molar-refractivity contribution in [3.63, 3.8) is 0 Å². The third kappa shape index (κ3) is 4.48. The molecule has 0 spiro atoms. The van der Waals surface area contributed by atoms with Crippen molar-refractivity contribution < 1.29 is 12.8 Å². The van der Waals surface area contributed by atoms with Gasteiger partial charge >= 0.3 is 0 Å². The lowest BCUT2D eigenvalue weighted by Gasteiger charge is -2.22. The molecule has 0 saturated heterocycles. The summed E-state index contributed by atoms with van der Waals surface area (Å²) in [5, 5.41) is 3.09. The van der Waals surface area contributed by atoms with Crippen LogP contribution in [0.4, 0.5) is 15.9 Å². The molecule has 1 N–H and O–H groups in total. The fourth-order valence-corrected chi connectivity index (χ4v) is 4.30. The number of sulfonamides is 1. The van der Waals surface area contributed by atoms with Gasteiger partial charge in [-0.05, 0) is 49.2 Å². The van der Waals surface area contributed by atoms with Gasteiger partial charge < -0.3 is 5.32 Å². The van der Waals surface area contributed by atoms with Crippen LogP contribution in [0.1, 0.15) is 12.5 Å². The number of rotatable bonds is 8. The molecule has 0 aliphatic carbocycles. The predicted octanol–water partition coefficient (Wildman–Crippen LogP) is 4.09. The maximum absolute atomic E-state index is 13.6. The largest absolute Gasteiger partial charge is 0.370 e. The first-order valence-electron chi connectivity index (χ1n) is 9.03. The molecule has 5 nitrogen and oxygen atoms in total. The van der Waals surface area contributed by atoms with Crippen LogP contribution in [-0.4, -0.2) is 26.5 Å². The molecular weight excluding hydrogens is 377 g/mol. The summed E-state index contributed by atoms with van der Waals surface area (Å²) in [7, 11) is -3.70. The minimum absolute atomic E-state index is 0.123. The SMILES string of the molecule is CCN(c1ccccc1)S(=O)(=O)c1ccc(NCCc2ccccc2F)nc1. The summed E-state index contributed by atoms with van der Waals surface area (Å²) in [6, 6.07) is 18.7. The monoisotopic (exact) mass is 399 g/mol. The van der Waals surface area contributed by atoms with Crippen LogP contribution in [0.3, 0.4) is 0 Å². The lowest BCUT2D eigenvalue weighted by Crippen LogP contribution is -2.30. The van der Waals surface area contributed by atoms with Crippen molar-refractivity contribution in [2.24, 2.45) is 0 Å². The van der Waals surface area contributed by atoms with Gasteiger partial charge in [-0.2, -0.15) is 0 Å². The molecule has 0 bridgehead atoms. The Labute approximate surface area is 164 Å². The molecule has 146 valence electrons. The maximum Gasteiger partial charge on any atom is 0.265 e. The van der Waals surface area contributed by atoms with Crippen LogP contribution in [0.5, 0.6) is 0 Å². The van der Waals surface area contributed by atoms with E-state index in [1.807, 2.05) is 6.07 Å². The molecule has 0 amide bonds. The average molecular weight is 399 g/mol. The quantitative estimate of drug-likeness (QED) is 0.620. The fourth-order valence-electron chi connectivity index (χ4n) is 2.88. The molecule has 1 heterocycles. The van der Waals surface area contributed by atoms with Crippen LogP contribution >= 0.6 is 0 Å². The highest BCUT2D eigenvalue weighted by molar-refractivity contribution is 7.92. The van der Waals surface area contributed by atoms with Crippen molar-refractivity contribution in [2.75, 3.05) is 22.7 Å². The van der Waals surface area contributed by atoms with E-state index in [4.69, 9.17) is 0 Å². The number of para-hydroxylation sites is 1. The van der Waals surface area contributed by atoms with Crippen LogP contribution in [0.2, 0.25) is 0 Å². The van der Waals surface area contributed by atoms with Gasteiger partial charge in [0.05, 0.1) is 5.69 Å². The van der Waals surface area contributed by atoms with Crippen molar-refractivity contribution in [1.29, 1.82) is 0 Å². The zero-order valence-electron chi connectivity index (χ0n) is 15.5. The van der Waals surface area contributed by atoms with Crippen LogP contribution in [0.15, 0.2) is 77.8 Å². The molecular formula is C21H22FN3O2S.